The number of ether oxygens (including phenoxy) is 2. The van der Waals surface area contributed by atoms with Crippen molar-refractivity contribution in [2.75, 3.05) is 18.5 Å². The Kier molecular flexibility index (Phi) is 6.20. The lowest BCUT2D eigenvalue weighted by molar-refractivity contribution is 0.0635. The highest BCUT2D eigenvalue weighted by molar-refractivity contribution is 5.95. The Morgan fingerprint density at radius 1 is 1.25 bits per heavy atom. The Labute approximate surface area is 142 Å². The molecule has 0 bridgehead atoms. The molecular weight excluding hydrogens is 308 g/mol. The lowest BCUT2D eigenvalue weighted by Gasteiger charge is -2.19. The first-order valence-electron chi connectivity index (χ1n) is 8.33. The van der Waals surface area contributed by atoms with Gasteiger partial charge in [-0.25, -0.2) is 4.79 Å². The predicted molar refractivity (Wildman–Crippen MR) is 92.2 cm³/mol. The average molecular weight is 334 g/mol. The first-order valence-corrected chi connectivity index (χ1v) is 8.33. The van der Waals surface area contributed by atoms with E-state index in [2.05, 4.69) is 10.6 Å². The van der Waals surface area contributed by atoms with E-state index in [-0.39, 0.29) is 12.0 Å². The third-order valence-corrected chi connectivity index (χ3v) is 3.57. The summed E-state index contributed by atoms with van der Waals surface area (Å²) in [5.74, 6) is -0.128. The van der Waals surface area contributed by atoms with E-state index < -0.39 is 11.7 Å². The van der Waals surface area contributed by atoms with E-state index in [0.29, 0.717) is 17.8 Å². The van der Waals surface area contributed by atoms with E-state index in [9.17, 15) is 9.59 Å². The molecule has 0 aromatic heterocycles. The van der Waals surface area contributed by atoms with Crippen LogP contribution in [-0.4, -0.2) is 36.9 Å². The molecular formula is C18H26N2O4. The zero-order valence-electron chi connectivity index (χ0n) is 14.6. The number of carbonyl (C=O) groups is 2. The van der Waals surface area contributed by atoms with E-state index in [4.69, 9.17) is 9.47 Å². The lowest BCUT2D eigenvalue weighted by atomic mass is 10.1. The van der Waals surface area contributed by atoms with Gasteiger partial charge in [-0.15, -0.1) is 0 Å². The topological polar surface area (TPSA) is 76.7 Å². The molecule has 0 unspecified atom stereocenters. The molecule has 6 nitrogen and oxygen atoms in total. The van der Waals surface area contributed by atoms with Crippen molar-refractivity contribution in [2.45, 2.75) is 51.7 Å². The van der Waals surface area contributed by atoms with Crippen molar-refractivity contribution in [2.24, 2.45) is 0 Å². The minimum atomic E-state index is -0.549. The molecule has 132 valence electrons. The lowest BCUT2D eigenvalue weighted by Crippen LogP contribution is -2.27. The summed E-state index contributed by atoms with van der Waals surface area (Å²) in [6.07, 6.45) is 2.76. The minimum absolute atomic E-state index is 0.128. The summed E-state index contributed by atoms with van der Waals surface area (Å²) in [6, 6.07) is 6.71. The molecule has 1 aromatic rings. The van der Waals surface area contributed by atoms with Crippen molar-refractivity contribution in [3.63, 3.8) is 0 Å². The first kappa shape index (κ1) is 18.3. The largest absolute Gasteiger partial charge is 0.444 e. The van der Waals surface area contributed by atoms with Crippen LogP contribution in [0.1, 0.15) is 50.4 Å². The molecule has 0 aliphatic carbocycles. The van der Waals surface area contributed by atoms with Gasteiger partial charge in [0, 0.05) is 24.4 Å². The van der Waals surface area contributed by atoms with Gasteiger partial charge in [0.15, 0.2) is 0 Å². The smallest absolute Gasteiger partial charge is 0.412 e. The van der Waals surface area contributed by atoms with Gasteiger partial charge < -0.3 is 14.8 Å². The number of nitrogens with one attached hydrogen (secondary N) is 2. The van der Waals surface area contributed by atoms with Crippen LogP contribution >= 0.6 is 0 Å². The second-order valence-corrected chi connectivity index (χ2v) is 6.88. The Bertz CT molecular complexity index is 557. The number of hydrogen-bond acceptors (Lipinski definition) is 4. The van der Waals surface area contributed by atoms with E-state index >= 15 is 0 Å². The van der Waals surface area contributed by atoms with Gasteiger partial charge in [0.25, 0.3) is 5.91 Å². The van der Waals surface area contributed by atoms with Gasteiger partial charge in [0.2, 0.25) is 0 Å². The summed E-state index contributed by atoms with van der Waals surface area (Å²) in [7, 11) is 0. The highest BCUT2D eigenvalue weighted by atomic mass is 16.6. The quantitative estimate of drug-likeness (QED) is 0.866. The van der Waals surface area contributed by atoms with Gasteiger partial charge in [-0.1, -0.05) is 0 Å². The Morgan fingerprint density at radius 2 is 1.96 bits per heavy atom. The minimum Gasteiger partial charge on any atom is -0.444 e. The standard InChI is InChI=1S/C18H26N2O4/c1-18(2,3)24-17(22)20-14-8-6-13(7-9-14)16(21)19-11-10-15-5-4-12-23-15/h6-9,15H,4-5,10-12H2,1-3H3,(H,19,21)(H,20,22)/t15-/m1/s1. The van der Waals surface area contributed by atoms with Crippen LogP contribution in [0.2, 0.25) is 0 Å². The highest BCUT2D eigenvalue weighted by Gasteiger charge is 2.17. The van der Waals surface area contributed by atoms with E-state index in [1.165, 1.54) is 0 Å². The Morgan fingerprint density at radius 3 is 2.54 bits per heavy atom. The second-order valence-electron chi connectivity index (χ2n) is 6.88. The third-order valence-electron chi connectivity index (χ3n) is 3.57. The van der Waals surface area contributed by atoms with Crippen molar-refractivity contribution in [3.8, 4) is 0 Å². The Balaban J connectivity index is 1.77. The monoisotopic (exact) mass is 334 g/mol. The van der Waals surface area contributed by atoms with Crippen molar-refractivity contribution in [1.82, 2.24) is 5.32 Å². The van der Waals surface area contributed by atoms with Crippen LogP contribution < -0.4 is 10.6 Å². The van der Waals surface area contributed by atoms with Gasteiger partial charge in [-0.2, -0.15) is 0 Å². The zero-order valence-corrected chi connectivity index (χ0v) is 14.6. The van der Waals surface area contributed by atoms with Crippen LogP contribution in [0.4, 0.5) is 10.5 Å². The molecule has 1 atom stereocenters. The molecule has 1 aromatic carbocycles. The predicted octanol–water partition coefficient (Wildman–Crippen LogP) is 3.33. The molecule has 1 aliphatic heterocycles. The maximum Gasteiger partial charge on any atom is 0.412 e. The SMILES string of the molecule is CC(C)(C)OC(=O)Nc1ccc(C(=O)NCC[C@H]2CCCO2)cc1. The number of hydrogen-bond donors (Lipinski definition) is 2. The molecule has 2 N–H and O–H groups in total. The molecule has 1 heterocycles. The van der Waals surface area contributed by atoms with Crippen LogP contribution in [-0.2, 0) is 9.47 Å². The summed E-state index contributed by atoms with van der Waals surface area (Å²) >= 11 is 0. The summed E-state index contributed by atoms with van der Waals surface area (Å²) in [4.78, 5) is 23.8. The average Bonchev–Trinajstić information content (AvgIpc) is 2.99. The van der Waals surface area contributed by atoms with Crippen molar-refractivity contribution in [1.29, 1.82) is 0 Å². The molecule has 0 saturated carbocycles. The maximum atomic E-state index is 12.1. The molecule has 6 heteroatoms. The molecule has 1 fully saturated rings. The fraction of sp³-hybridized carbons (Fsp3) is 0.556. The van der Waals surface area contributed by atoms with Crippen LogP contribution in [0.25, 0.3) is 0 Å². The van der Waals surface area contributed by atoms with Crippen LogP contribution in [0.5, 0.6) is 0 Å². The number of carbonyl (C=O) groups excluding carboxylic acids is 2. The first-order chi connectivity index (χ1) is 11.3. The van der Waals surface area contributed by atoms with E-state index in [1.807, 2.05) is 0 Å². The van der Waals surface area contributed by atoms with Crippen LogP contribution in [0.3, 0.4) is 0 Å². The molecule has 0 radical (unpaired) electrons. The third kappa shape index (κ3) is 6.20. The zero-order chi connectivity index (χ0) is 17.6. The van der Waals surface area contributed by atoms with Crippen LogP contribution in [0.15, 0.2) is 24.3 Å². The van der Waals surface area contributed by atoms with Crippen molar-refractivity contribution < 1.29 is 19.1 Å². The second kappa shape index (κ2) is 8.15. The Hall–Kier alpha value is -2.08. The highest BCUT2D eigenvalue weighted by Crippen LogP contribution is 2.15. The number of amides is 2. The summed E-state index contributed by atoms with van der Waals surface area (Å²) in [5.41, 5.74) is 0.588. The fourth-order valence-electron chi connectivity index (χ4n) is 2.45. The number of benzene rings is 1. The molecule has 2 amide bonds. The fourth-order valence-corrected chi connectivity index (χ4v) is 2.45. The van der Waals surface area contributed by atoms with Gasteiger partial charge >= 0.3 is 6.09 Å². The number of rotatable bonds is 5. The van der Waals surface area contributed by atoms with Gasteiger partial charge in [-0.3, -0.25) is 10.1 Å². The molecule has 1 aliphatic rings. The normalized spacial score (nSPS) is 17.4. The molecule has 24 heavy (non-hydrogen) atoms. The number of anilines is 1. The summed E-state index contributed by atoms with van der Waals surface area (Å²) < 4.78 is 10.7. The van der Waals surface area contributed by atoms with Gasteiger partial charge in [0.05, 0.1) is 6.10 Å². The molecule has 0 spiro atoms. The van der Waals surface area contributed by atoms with E-state index in [1.54, 1.807) is 45.0 Å². The van der Waals surface area contributed by atoms with Crippen molar-refractivity contribution >= 4 is 17.7 Å². The summed E-state index contributed by atoms with van der Waals surface area (Å²) in [5, 5.41) is 5.52. The van der Waals surface area contributed by atoms with Crippen LogP contribution in [0, 0.1) is 0 Å². The van der Waals surface area contributed by atoms with Gasteiger partial charge in [-0.05, 0) is 64.3 Å². The van der Waals surface area contributed by atoms with Crippen molar-refractivity contribution in [3.05, 3.63) is 29.8 Å². The molecule has 1 saturated heterocycles. The van der Waals surface area contributed by atoms with E-state index in [0.717, 1.165) is 25.9 Å². The summed E-state index contributed by atoms with van der Waals surface area (Å²) in [6.45, 7) is 6.83. The maximum absolute atomic E-state index is 12.1. The van der Waals surface area contributed by atoms with Gasteiger partial charge in [0.1, 0.15) is 5.60 Å². The molecule has 2 rings (SSSR count).